The Kier molecular flexibility index (Phi) is 3.34. The van der Waals surface area contributed by atoms with Crippen molar-refractivity contribution in [2.75, 3.05) is 0 Å². The van der Waals surface area contributed by atoms with Crippen LogP contribution in [0.25, 0.3) is 0 Å². The summed E-state index contributed by atoms with van der Waals surface area (Å²) < 4.78 is 19.2. The smallest absolute Gasteiger partial charge is 0.410 e. The number of fused-ring (bicyclic) bond motifs is 2. The number of hydrogen-bond acceptors (Lipinski definition) is 3. The van der Waals surface area contributed by atoms with E-state index in [0.29, 0.717) is 6.42 Å². The quantitative estimate of drug-likeness (QED) is 0.669. The van der Waals surface area contributed by atoms with E-state index < -0.39 is 23.9 Å². The first-order chi connectivity index (χ1) is 8.29. The van der Waals surface area contributed by atoms with E-state index in [1.807, 2.05) is 0 Å². The molecule has 3 unspecified atom stereocenters. The van der Waals surface area contributed by atoms with Gasteiger partial charge in [-0.25, -0.2) is 9.18 Å². The van der Waals surface area contributed by atoms with Crippen molar-refractivity contribution in [1.29, 1.82) is 0 Å². The molecule has 2 aliphatic rings. The summed E-state index contributed by atoms with van der Waals surface area (Å²) in [5.74, 6) is -0.371. The van der Waals surface area contributed by atoms with E-state index in [1.165, 1.54) is 4.90 Å². The van der Waals surface area contributed by atoms with Gasteiger partial charge in [-0.3, -0.25) is 9.69 Å². The van der Waals surface area contributed by atoms with Crippen molar-refractivity contribution >= 4 is 11.9 Å². The van der Waals surface area contributed by atoms with Gasteiger partial charge in [-0.2, -0.15) is 0 Å². The minimum absolute atomic E-state index is 0.122. The largest absolute Gasteiger partial charge is 0.444 e. The Balaban J connectivity index is 2.16. The molecule has 18 heavy (non-hydrogen) atoms. The lowest BCUT2D eigenvalue weighted by Crippen LogP contribution is -2.61. The number of amides is 1. The van der Waals surface area contributed by atoms with Crippen molar-refractivity contribution in [3.8, 4) is 0 Å². The first-order valence-electron chi connectivity index (χ1n) is 6.48. The molecular weight excluding hydrogens is 237 g/mol. The molecule has 2 fully saturated rings. The molecule has 2 saturated heterocycles. The molecule has 4 nitrogen and oxygen atoms in total. The van der Waals surface area contributed by atoms with Gasteiger partial charge in [0.1, 0.15) is 5.60 Å². The molecule has 5 heteroatoms. The normalized spacial score (nSPS) is 32.3. The molecule has 2 heterocycles. The van der Waals surface area contributed by atoms with Crippen LogP contribution in [0.3, 0.4) is 0 Å². The van der Waals surface area contributed by atoms with Crippen LogP contribution in [0.4, 0.5) is 9.18 Å². The standard InChI is InChI=1S/C13H20FNO3/c1-13(2,3)18-12(17)15-8-5-4-6-9(15)11(14)10(16)7-8/h8-9,11H,4-7H2,1-3H3. The number of carbonyl (C=O) groups is 2. The zero-order valence-corrected chi connectivity index (χ0v) is 11.1. The summed E-state index contributed by atoms with van der Waals surface area (Å²) in [7, 11) is 0. The van der Waals surface area contributed by atoms with Gasteiger partial charge in [0.2, 0.25) is 0 Å². The fraction of sp³-hybridized carbons (Fsp3) is 0.846. The van der Waals surface area contributed by atoms with Crippen LogP contribution >= 0.6 is 0 Å². The summed E-state index contributed by atoms with van der Waals surface area (Å²) in [6, 6.07) is -0.807. The number of Topliss-reactive ketones (excluding diaryl/α,β-unsaturated/α-hetero) is 1. The van der Waals surface area contributed by atoms with Crippen molar-refractivity contribution in [1.82, 2.24) is 4.90 Å². The second-order valence-electron chi connectivity index (χ2n) is 6.11. The Morgan fingerprint density at radius 3 is 2.67 bits per heavy atom. The third-order valence-corrected chi connectivity index (χ3v) is 3.47. The number of hydrogen-bond donors (Lipinski definition) is 0. The fourth-order valence-corrected chi connectivity index (χ4v) is 2.76. The maximum Gasteiger partial charge on any atom is 0.410 e. The number of alkyl halides is 1. The van der Waals surface area contributed by atoms with E-state index >= 15 is 0 Å². The second-order valence-corrected chi connectivity index (χ2v) is 6.11. The van der Waals surface area contributed by atoms with Crippen molar-refractivity contribution < 1.29 is 18.7 Å². The highest BCUT2D eigenvalue weighted by Crippen LogP contribution is 2.34. The Bertz CT molecular complexity index is 364. The van der Waals surface area contributed by atoms with Gasteiger partial charge >= 0.3 is 6.09 Å². The zero-order chi connectivity index (χ0) is 13.5. The molecule has 0 aromatic rings. The maximum atomic E-state index is 13.9. The highest BCUT2D eigenvalue weighted by molar-refractivity contribution is 5.87. The SMILES string of the molecule is CC(C)(C)OC(=O)N1C2CCCC1C(F)C(=O)C2. The number of halogens is 1. The Morgan fingerprint density at radius 1 is 1.39 bits per heavy atom. The van der Waals surface area contributed by atoms with Gasteiger partial charge in [-0.15, -0.1) is 0 Å². The van der Waals surface area contributed by atoms with Crippen LogP contribution in [-0.2, 0) is 9.53 Å². The molecule has 1 amide bonds. The lowest BCUT2D eigenvalue weighted by molar-refractivity contribution is -0.135. The van der Waals surface area contributed by atoms with Gasteiger partial charge in [0.25, 0.3) is 0 Å². The highest BCUT2D eigenvalue weighted by Gasteiger charge is 2.48. The predicted molar refractivity (Wildman–Crippen MR) is 64.0 cm³/mol. The first-order valence-corrected chi connectivity index (χ1v) is 6.48. The average Bonchev–Trinajstić information content (AvgIpc) is 2.23. The molecule has 2 bridgehead atoms. The average molecular weight is 257 g/mol. The lowest BCUT2D eigenvalue weighted by Gasteiger charge is -2.46. The minimum atomic E-state index is -1.55. The number of piperidine rings is 2. The molecule has 102 valence electrons. The van der Waals surface area contributed by atoms with E-state index in [2.05, 4.69) is 0 Å². The Hall–Kier alpha value is -1.13. The van der Waals surface area contributed by atoms with Gasteiger partial charge in [0, 0.05) is 12.5 Å². The van der Waals surface area contributed by atoms with Crippen LogP contribution in [0, 0.1) is 0 Å². The summed E-state index contributed by atoms with van der Waals surface area (Å²) >= 11 is 0. The molecule has 2 aliphatic heterocycles. The van der Waals surface area contributed by atoms with Crippen LogP contribution in [0.5, 0.6) is 0 Å². The number of carbonyl (C=O) groups excluding carboxylic acids is 2. The molecule has 0 aliphatic carbocycles. The zero-order valence-electron chi connectivity index (χ0n) is 11.1. The van der Waals surface area contributed by atoms with Crippen LogP contribution in [0.15, 0.2) is 0 Å². The monoisotopic (exact) mass is 257 g/mol. The second kappa shape index (κ2) is 4.52. The maximum absolute atomic E-state index is 13.9. The molecule has 0 N–H and O–H groups in total. The number of ether oxygens (including phenoxy) is 1. The van der Waals surface area contributed by atoms with Gasteiger partial charge in [-0.1, -0.05) is 0 Å². The van der Waals surface area contributed by atoms with Crippen molar-refractivity contribution in [3.63, 3.8) is 0 Å². The molecular formula is C13H20FNO3. The fourth-order valence-electron chi connectivity index (χ4n) is 2.76. The molecule has 0 saturated carbocycles. The lowest BCUT2D eigenvalue weighted by atomic mass is 9.83. The summed E-state index contributed by atoms with van der Waals surface area (Å²) in [5, 5.41) is 0. The Morgan fingerprint density at radius 2 is 2.06 bits per heavy atom. The number of rotatable bonds is 0. The van der Waals surface area contributed by atoms with E-state index in [0.717, 1.165) is 12.8 Å². The van der Waals surface area contributed by atoms with E-state index in [4.69, 9.17) is 4.74 Å². The summed E-state index contributed by atoms with van der Waals surface area (Å²) in [4.78, 5) is 25.1. The van der Waals surface area contributed by atoms with Crippen molar-refractivity contribution in [2.45, 2.75) is 70.3 Å². The summed E-state index contributed by atoms with van der Waals surface area (Å²) in [6.45, 7) is 5.34. The molecule has 0 radical (unpaired) electrons. The van der Waals surface area contributed by atoms with E-state index in [-0.39, 0.29) is 18.2 Å². The molecule has 0 spiro atoms. The third-order valence-electron chi connectivity index (χ3n) is 3.47. The highest BCUT2D eigenvalue weighted by atomic mass is 19.1. The van der Waals surface area contributed by atoms with Gasteiger partial charge in [0.15, 0.2) is 12.0 Å². The molecule has 3 atom stereocenters. The number of ketones is 1. The predicted octanol–water partition coefficient (Wildman–Crippen LogP) is 2.46. The van der Waals surface area contributed by atoms with Gasteiger partial charge < -0.3 is 4.74 Å². The summed E-state index contributed by atoms with van der Waals surface area (Å²) in [5.41, 5.74) is -0.599. The van der Waals surface area contributed by atoms with Gasteiger partial charge in [0.05, 0.1) is 6.04 Å². The third kappa shape index (κ3) is 2.49. The molecule has 2 rings (SSSR count). The van der Waals surface area contributed by atoms with Gasteiger partial charge in [-0.05, 0) is 40.0 Å². The molecule has 0 aromatic heterocycles. The van der Waals surface area contributed by atoms with E-state index in [1.54, 1.807) is 20.8 Å². The summed E-state index contributed by atoms with van der Waals surface area (Å²) in [6.07, 6.45) is 0.247. The van der Waals surface area contributed by atoms with Crippen molar-refractivity contribution in [3.05, 3.63) is 0 Å². The molecule has 0 aromatic carbocycles. The van der Waals surface area contributed by atoms with Crippen LogP contribution in [-0.4, -0.2) is 40.6 Å². The number of nitrogens with zero attached hydrogens (tertiary/aromatic N) is 1. The topological polar surface area (TPSA) is 46.6 Å². The van der Waals surface area contributed by atoms with Crippen LogP contribution in [0.1, 0.15) is 46.5 Å². The van der Waals surface area contributed by atoms with Crippen LogP contribution < -0.4 is 0 Å². The first kappa shape index (κ1) is 13.3. The minimum Gasteiger partial charge on any atom is -0.444 e. The van der Waals surface area contributed by atoms with Crippen LogP contribution in [0.2, 0.25) is 0 Å². The Labute approximate surface area is 106 Å². The van der Waals surface area contributed by atoms with E-state index in [9.17, 15) is 14.0 Å². The van der Waals surface area contributed by atoms with Crippen molar-refractivity contribution in [2.24, 2.45) is 0 Å².